The number of hydrogen-bond acceptors (Lipinski definition) is 5. The maximum absolute atomic E-state index is 12.1. The van der Waals surface area contributed by atoms with Gasteiger partial charge in [0.15, 0.2) is 0 Å². The SMILES string of the molecule is Cc1ccc(-c2nc(CCNC(=O)Nc3ccc(OCc4ccccc4)nc3)co2)cc1. The topological polar surface area (TPSA) is 89.3 Å². The van der Waals surface area contributed by atoms with E-state index < -0.39 is 0 Å². The van der Waals surface area contributed by atoms with Crippen LogP contribution < -0.4 is 15.4 Å². The molecular formula is C25H24N4O3. The molecule has 0 saturated carbocycles. The van der Waals surface area contributed by atoms with Crippen molar-refractivity contribution in [1.82, 2.24) is 15.3 Å². The van der Waals surface area contributed by atoms with E-state index in [1.807, 2.05) is 61.5 Å². The van der Waals surface area contributed by atoms with Crippen LogP contribution in [0.2, 0.25) is 0 Å². The molecule has 0 atom stereocenters. The third-order valence-corrected chi connectivity index (χ3v) is 4.74. The number of hydrogen-bond donors (Lipinski definition) is 2. The molecule has 4 aromatic rings. The van der Waals surface area contributed by atoms with E-state index in [2.05, 4.69) is 20.6 Å². The standard InChI is InChI=1S/C25H24N4O3/c1-18-7-9-20(10-8-18)24-28-22(17-32-24)13-14-26-25(30)29-21-11-12-23(27-15-21)31-16-19-5-3-2-4-6-19/h2-12,15,17H,13-14,16H2,1H3,(H2,26,29,30). The van der Waals surface area contributed by atoms with Crippen molar-refractivity contribution in [3.05, 3.63) is 96.0 Å². The molecule has 7 nitrogen and oxygen atoms in total. The maximum Gasteiger partial charge on any atom is 0.319 e. The molecule has 32 heavy (non-hydrogen) atoms. The highest BCUT2D eigenvalue weighted by Crippen LogP contribution is 2.19. The van der Waals surface area contributed by atoms with Gasteiger partial charge in [0, 0.05) is 24.6 Å². The number of oxazole rings is 1. The molecule has 0 fully saturated rings. The average Bonchev–Trinajstić information content (AvgIpc) is 3.29. The molecule has 2 N–H and O–H groups in total. The molecule has 0 bridgehead atoms. The Balaban J connectivity index is 1.20. The minimum atomic E-state index is -0.313. The van der Waals surface area contributed by atoms with Crippen molar-refractivity contribution in [1.29, 1.82) is 0 Å². The van der Waals surface area contributed by atoms with Crippen molar-refractivity contribution in [2.24, 2.45) is 0 Å². The van der Waals surface area contributed by atoms with Crippen molar-refractivity contribution >= 4 is 11.7 Å². The Morgan fingerprint density at radius 2 is 1.84 bits per heavy atom. The van der Waals surface area contributed by atoms with Gasteiger partial charge in [-0.15, -0.1) is 0 Å². The Bertz CT molecular complexity index is 1140. The summed E-state index contributed by atoms with van der Waals surface area (Å²) < 4.78 is 11.2. The third kappa shape index (κ3) is 5.95. The monoisotopic (exact) mass is 428 g/mol. The molecule has 0 spiro atoms. The number of benzene rings is 2. The molecule has 2 aromatic carbocycles. The van der Waals surface area contributed by atoms with Crippen LogP contribution in [0.1, 0.15) is 16.8 Å². The van der Waals surface area contributed by atoms with E-state index in [1.54, 1.807) is 24.6 Å². The minimum Gasteiger partial charge on any atom is -0.473 e. The summed E-state index contributed by atoms with van der Waals surface area (Å²) in [5.41, 5.74) is 4.53. The van der Waals surface area contributed by atoms with E-state index in [-0.39, 0.29) is 6.03 Å². The summed E-state index contributed by atoms with van der Waals surface area (Å²) in [5.74, 6) is 1.07. The lowest BCUT2D eigenvalue weighted by atomic mass is 10.1. The van der Waals surface area contributed by atoms with Crippen LogP contribution in [0.15, 0.2) is 83.6 Å². The van der Waals surface area contributed by atoms with E-state index >= 15 is 0 Å². The maximum atomic E-state index is 12.1. The van der Waals surface area contributed by atoms with Crippen molar-refractivity contribution in [3.8, 4) is 17.3 Å². The zero-order chi connectivity index (χ0) is 22.2. The summed E-state index contributed by atoms with van der Waals surface area (Å²) >= 11 is 0. The fourth-order valence-corrected chi connectivity index (χ4v) is 3.00. The molecule has 4 rings (SSSR count). The summed E-state index contributed by atoms with van der Waals surface area (Å²) in [6, 6.07) is 21.0. The lowest BCUT2D eigenvalue weighted by Crippen LogP contribution is -2.30. The third-order valence-electron chi connectivity index (χ3n) is 4.74. The van der Waals surface area contributed by atoms with Crippen LogP contribution >= 0.6 is 0 Å². The predicted molar refractivity (Wildman–Crippen MR) is 122 cm³/mol. The number of nitrogens with one attached hydrogen (secondary N) is 2. The molecule has 0 radical (unpaired) electrons. The first-order valence-corrected chi connectivity index (χ1v) is 10.3. The van der Waals surface area contributed by atoms with Gasteiger partial charge in [0.1, 0.15) is 12.9 Å². The summed E-state index contributed by atoms with van der Waals surface area (Å²) in [6.45, 7) is 2.90. The highest BCUT2D eigenvalue weighted by atomic mass is 16.5. The van der Waals surface area contributed by atoms with Gasteiger partial charge in [-0.05, 0) is 30.7 Å². The zero-order valence-electron chi connectivity index (χ0n) is 17.7. The molecule has 2 aromatic heterocycles. The molecular weight excluding hydrogens is 404 g/mol. The van der Waals surface area contributed by atoms with E-state index in [0.717, 1.165) is 16.8 Å². The first-order chi connectivity index (χ1) is 15.7. The van der Waals surface area contributed by atoms with Crippen LogP contribution in [0.4, 0.5) is 10.5 Å². The molecule has 0 aliphatic heterocycles. The van der Waals surface area contributed by atoms with Gasteiger partial charge in [-0.25, -0.2) is 14.8 Å². The fraction of sp³-hybridized carbons (Fsp3) is 0.160. The molecule has 2 heterocycles. The summed E-state index contributed by atoms with van der Waals surface area (Å²) in [7, 11) is 0. The number of pyridine rings is 1. The number of aromatic nitrogens is 2. The second-order valence-corrected chi connectivity index (χ2v) is 7.30. The highest BCUT2D eigenvalue weighted by molar-refractivity contribution is 5.89. The smallest absolute Gasteiger partial charge is 0.319 e. The first-order valence-electron chi connectivity index (χ1n) is 10.3. The average molecular weight is 428 g/mol. The zero-order valence-corrected chi connectivity index (χ0v) is 17.7. The summed E-state index contributed by atoms with van der Waals surface area (Å²) in [4.78, 5) is 20.8. The van der Waals surface area contributed by atoms with Crippen LogP contribution in [0, 0.1) is 6.92 Å². The predicted octanol–water partition coefficient (Wildman–Crippen LogP) is 4.99. The Hall–Kier alpha value is -4.13. The van der Waals surface area contributed by atoms with Gasteiger partial charge < -0.3 is 19.8 Å². The fourth-order valence-electron chi connectivity index (χ4n) is 3.00. The van der Waals surface area contributed by atoms with E-state index in [1.165, 1.54) is 5.56 Å². The molecule has 0 unspecified atom stereocenters. The van der Waals surface area contributed by atoms with Crippen molar-refractivity contribution in [2.75, 3.05) is 11.9 Å². The van der Waals surface area contributed by atoms with Gasteiger partial charge in [-0.1, -0.05) is 48.0 Å². The number of rotatable bonds is 8. The lowest BCUT2D eigenvalue weighted by Gasteiger charge is -2.08. The van der Waals surface area contributed by atoms with Crippen LogP contribution in [0.5, 0.6) is 5.88 Å². The molecule has 162 valence electrons. The number of nitrogens with zero attached hydrogens (tertiary/aromatic N) is 2. The molecule has 0 aliphatic rings. The quantitative estimate of drug-likeness (QED) is 0.413. The first kappa shape index (κ1) is 21.1. The van der Waals surface area contributed by atoms with Gasteiger partial charge in [-0.2, -0.15) is 0 Å². The Morgan fingerprint density at radius 1 is 1.03 bits per heavy atom. The highest BCUT2D eigenvalue weighted by Gasteiger charge is 2.08. The van der Waals surface area contributed by atoms with Gasteiger partial charge >= 0.3 is 6.03 Å². The number of amides is 2. The van der Waals surface area contributed by atoms with Gasteiger partial charge in [0.25, 0.3) is 0 Å². The normalized spacial score (nSPS) is 10.5. The Labute approximate surface area is 186 Å². The van der Waals surface area contributed by atoms with Crippen LogP contribution in [0.3, 0.4) is 0 Å². The van der Waals surface area contributed by atoms with Crippen LogP contribution in [-0.4, -0.2) is 22.5 Å². The van der Waals surface area contributed by atoms with E-state index in [0.29, 0.717) is 37.0 Å². The Kier molecular flexibility index (Phi) is 6.77. The van der Waals surface area contributed by atoms with Crippen molar-refractivity contribution in [3.63, 3.8) is 0 Å². The molecule has 0 aliphatic carbocycles. The number of carbonyl (C=O) groups excluding carboxylic acids is 1. The number of carbonyl (C=O) groups is 1. The summed E-state index contributed by atoms with van der Waals surface area (Å²) in [5, 5.41) is 5.56. The van der Waals surface area contributed by atoms with E-state index in [4.69, 9.17) is 9.15 Å². The second-order valence-electron chi connectivity index (χ2n) is 7.30. The number of ether oxygens (including phenoxy) is 1. The summed E-state index contributed by atoms with van der Waals surface area (Å²) in [6.07, 6.45) is 3.74. The van der Waals surface area contributed by atoms with Crippen LogP contribution in [0.25, 0.3) is 11.5 Å². The van der Waals surface area contributed by atoms with Gasteiger partial charge in [0.05, 0.1) is 17.6 Å². The number of aryl methyl sites for hydroxylation is 1. The number of urea groups is 1. The molecule has 7 heteroatoms. The van der Waals surface area contributed by atoms with Crippen LogP contribution in [-0.2, 0) is 13.0 Å². The van der Waals surface area contributed by atoms with Gasteiger partial charge in [-0.3, -0.25) is 0 Å². The van der Waals surface area contributed by atoms with Crippen molar-refractivity contribution in [2.45, 2.75) is 20.0 Å². The molecule has 2 amide bonds. The molecule has 0 saturated heterocycles. The second kappa shape index (κ2) is 10.3. The van der Waals surface area contributed by atoms with E-state index in [9.17, 15) is 4.79 Å². The van der Waals surface area contributed by atoms with Crippen molar-refractivity contribution < 1.29 is 13.9 Å². The minimum absolute atomic E-state index is 0.313. The Morgan fingerprint density at radius 3 is 2.59 bits per heavy atom. The van der Waals surface area contributed by atoms with Gasteiger partial charge in [0.2, 0.25) is 11.8 Å². The largest absolute Gasteiger partial charge is 0.473 e. The number of anilines is 1. The lowest BCUT2D eigenvalue weighted by molar-refractivity contribution is 0.252.